The monoisotopic (exact) mass is 459 g/mol. The van der Waals surface area contributed by atoms with Crippen LogP contribution in [0.3, 0.4) is 0 Å². The van der Waals surface area contributed by atoms with Crippen LogP contribution in [0.5, 0.6) is 5.75 Å². The molecule has 0 radical (unpaired) electrons. The third-order valence-electron chi connectivity index (χ3n) is 6.91. The summed E-state index contributed by atoms with van der Waals surface area (Å²) in [4.78, 5) is 15.8. The number of nitrogens with one attached hydrogen (secondary N) is 1. The van der Waals surface area contributed by atoms with E-state index in [0.29, 0.717) is 24.5 Å². The molecule has 170 valence electrons. The van der Waals surface area contributed by atoms with Gasteiger partial charge in [-0.05, 0) is 42.0 Å². The van der Waals surface area contributed by atoms with Crippen molar-refractivity contribution in [1.29, 1.82) is 0 Å². The fourth-order valence-corrected chi connectivity index (χ4v) is 5.53. The molecule has 2 unspecified atom stereocenters. The fraction of sp³-hybridized carbons (Fsp3) is 0.458. The topological polar surface area (TPSA) is 65.0 Å². The van der Waals surface area contributed by atoms with Crippen LogP contribution >= 0.6 is 11.6 Å². The molecule has 2 aromatic carbocycles. The summed E-state index contributed by atoms with van der Waals surface area (Å²) in [6.07, 6.45) is 2.05. The molecule has 6 nitrogen and oxygen atoms in total. The van der Waals surface area contributed by atoms with E-state index in [1.807, 2.05) is 23.1 Å². The highest BCUT2D eigenvalue weighted by molar-refractivity contribution is 6.30. The smallest absolute Gasteiger partial charge is 0.221 e. The summed E-state index contributed by atoms with van der Waals surface area (Å²) in [5, 5.41) is 14.3. The van der Waals surface area contributed by atoms with E-state index in [0.717, 1.165) is 48.7 Å². The third-order valence-corrected chi connectivity index (χ3v) is 7.15. The quantitative estimate of drug-likeness (QED) is 0.736. The summed E-state index contributed by atoms with van der Waals surface area (Å²) in [6, 6.07) is 10.1. The average molecular weight is 460 g/mol. The number of ether oxygens (including phenoxy) is 1. The van der Waals surface area contributed by atoms with Crippen molar-refractivity contribution in [1.82, 2.24) is 4.90 Å². The average Bonchev–Trinajstić information content (AvgIpc) is 3.29. The maximum absolute atomic E-state index is 14.0. The molecule has 0 bridgehead atoms. The molecule has 2 aromatic rings. The number of amides is 1. The van der Waals surface area contributed by atoms with Gasteiger partial charge in [0, 0.05) is 57.4 Å². The number of hydrogen-bond donors (Lipinski definition) is 2. The number of β-amino-alcohol motifs (C(OH)–C–C–N with tert-alkyl or cyclic N) is 1. The number of aliphatic hydroxyl groups is 1. The second-order valence-corrected chi connectivity index (χ2v) is 9.57. The molecule has 1 amide bonds. The Labute approximate surface area is 191 Å². The molecule has 2 N–H and O–H groups in total. The van der Waals surface area contributed by atoms with Crippen molar-refractivity contribution in [2.45, 2.75) is 43.9 Å². The van der Waals surface area contributed by atoms with Gasteiger partial charge in [-0.25, -0.2) is 4.39 Å². The maximum atomic E-state index is 14.0. The summed E-state index contributed by atoms with van der Waals surface area (Å²) in [5.41, 5.74) is 2.12. The number of fused-ring (bicyclic) bond motifs is 1. The highest BCUT2D eigenvalue weighted by atomic mass is 35.5. The number of nitrogens with zero attached hydrogens (tertiary/aromatic N) is 2. The fourth-order valence-electron chi connectivity index (χ4n) is 5.33. The first kappa shape index (κ1) is 21.5. The minimum absolute atomic E-state index is 0.0565. The molecule has 2 fully saturated rings. The number of piperidine rings is 1. The van der Waals surface area contributed by atoms with Crippen LogP contribution in [-0.2, 0) is 11.2 Å². The molecule has 2 atom stereocenters. The minimum atomic E-state index is -0.557. The first-order valence-electron chi connectivity index (χ1n) is 11.0. The number of carbonyl (C=O) groups excluding carboxylic acids is 1. The number of benzene rings is 2. The molecule has 5 rings (SSSR count). The summed E-state index contributed by atoms with van der Waals surface area (Å²) in [7, 11) is 0. The van der Waals surface area contributed by atoms with Crippen molar-refractivity contribution in [3.63, 3.8) is 0 Å². The van der Waals surface area contributed by atoms with Gasteiger partial charge in [-0.15, -0.1) is 0 Å². The number of hydrogen-bond acceptors (Lipinski definition) is 5. The number of likely N-dealkylation sites (tertiary alicyclic amines) is 1. The first-order valence-corrected chi connectivity index (χ1v) is 11.4. The zero-order valence-electron chi connectivity index (χ0n) is 18.0. The lowest BCUT2D eigenvalue weighted by Crippen LogP contribution is -2.53. The van der Waals surface area contributed by atoms with E-state index in [4.69, 9.17) is 16.3 Å². The van der Waals surface area contributed by atoms with E-state index in [1.54, 1.807) is 6.07 Å². The Morgan fingerprint density at radius 1 is 1.22 bits per heavy atom. The van der Waals surface area contributed by atoms with E-state index in [-0.39, 0.29) is 23.4 Å². The van der Waals surface area contributed by atoms with Crippen LogP contribution in [0.4, 0.5) is 15.8 Å². The summed E-state index contributed by atoms with van der Waals surface area (Å²) < 4.78 is 20.3. The Morgan fingerprint density at radius 3 is 2.75 bits per heavy atom. The van der Waals surface area contributed by atoms with Gasteiger partial charge >= 0.3 is 0 Å². The van der Waals surface area contributed by atoms with Crippen LogP contribution in [-0.4, -0.2) is 59.8 Å². The summed E-state index contributed by atoms with van der Waals surface area (Å²) in [5.74, 6) is 0.339. The van der Waals surface area contributed by atoms with Crippen LogP contribution in [0.1, 0.15) is 25.3 Å². The lowest BCUT2D eigenvalue weighted by atomic mass is 9.86. The largest absolute Gasteiger partial charge is 0.487 e. The first-order chi connectivity index (χ1) is 15.3. The minimum Gasteiger partial charge on any atom is -0.487 e. The van der Waals surface area contributed by atoms with Gasteiger partial charge < -0.3 is 20.1 Å². The van der Waals surface area contributed by atoms with Crippen LogP contribution in [0, 0.1) is 5.82 Å². The number of aliphatic hydroxyl groups excluding tert-OH is 1. The van der Waals surface area contributed by atoms with Gasteiger partial charge in [0.15, 0.2) is 0 Å². The third kappa shape index (κ3) is 4.05. The normalized spacial score (nSPS) is 24.4. The maximum Gasteiger partial charge on any atom is 0.221 e. The number of carbonyl (C=O) groups is 1. The Morgan fingerprint density at radius 2 is 2.00 bits per heavy atom. The lowest BCUT2D eigenvalue weighted by molar-refractivity contribution is -0.114. The number of anilines is 2. The van der Waals surface area contributed by atoms with Crippen LogP contribution in [0.2, 0.25) is 5.02 Å². The van der Waals surface area contributed by atoms with Gasteiger partial charge in [-0.2, -0.15) is 0 Å². The van der Waals surface area contributed by atoms with E-state index < -0.39 is 6.10 Å². The van der Waals surface area contributed by atoms with Gasteiger partial charge in [-0.3, -0.25) is 9.69 Å². The standard InChI is InChI=1S/C24H27ClFN3O3/c1-15(30)27-19-4-3-18(26)11-20(19)29-13-21(22(31)14-29)28-8-6-24(7-9-28)12-16-10-17(25)2-5-23(16)32-24/h2-5,10-11,21-22,31H,6-9,12-14H2,1H3,(H,27,30). The van der Waals surface area contributed by atoms with Crippen molar-refractivity contribution in [2.24, 2.45) is 0 Å². The van der Waals surface area contributed by atoms with E-state index in [9.17, 15) is 14.3 Å². The van der Waals surface area contributed by atoms with E-state index >= 15 is 0 Å². The summed E-state index contributed by atoms with van der Waals surface area (Å²) >= 11 is 6.15. The second-order valence-electron chi connectivity index (χ2n) is 9.13. The van der Waals surface area contributed by atoms with Gasteiger partial charge in [0.1, 0.15) is 17.2 Å². The van der Waals surface area contributed by atoms with E-state index in [2.05, 4.69) is 10.2 Å². The highest BCUT2D eigenvalue weighted by Gasteiger charge is 2.45. The molecule has 1 spiro atoms. The van der Waals surface area contributed by atoms with Crippen LogP contribution in [0.15, 0.2) is 36.4 Å². The van der Waals surface area contributed by atoms with Crippen molar-refractivity contribution in [3.8, 4) is 5.75 Å². The zero-order chi connectivity index (χ0) is 22.5. The SMILES string of the molecule is CC(=O)Nc1ccc(F)cc1N1CC(O)C(N2CCC3(CC2)Cc2cc(Cl)ccc2O3)C1. The van der Waals surface area contributed by atoms with Gasteiger partial charge in [0.25, 0.3) is 0 Å². The Kier molecular flexibility index (Phi) is 5.51. The highest BCUT2D eigenvalue weighted by Crippen LogP contribution is 2.42. The zero-order valence-corrected chi connectivity index (χ0v) is 18.7. The molecule has 2 saturated heterocycles. The molecule has 0 aromatic heterocycles. The van der Waals surface area contributed by atoms with Crippen molar-refractivity contribution >= 4 is 28.9 Å². The van der Waals surface area contributed by atoms with Crippen molar-refractivity contribution < 1.29 is 19.0 Å². The van der Waals surface area contributed by atoms with E-state index in [1.165, 1.54) is 19.1 Å². The number of halogens is 2. The van der Waals surface area contributed by atoms with Gasteiger partial charge in [0.2, 0.25) is 5.91 Å². The van der Waals surface area contributed by atoms with Crippen LogP contribution < -0.4 is 15.0 Å². The summed E-state index contributed by atoms with van der Waals surface area (Å²) in [6.45, 7) is 4.03. The molecule has 3 aliphatic heterocycles. The lowest BCUT2D eigenvalue weighted by Gasteiger charge is -2.41. The molecule has 32 heavy (non-hydrogen) atoms. The predicted octanol–water partition coefficient (Wildman–Crippen LogP) is 3.46. The van der Waals surface area contributed by atoms with Crippen molar-refractivity contribution in [3.05, 3.63) is 52.8 Å². The molecule has 0 aliphatic carbocycles. The van der Waals surface area contributed by atoms with Crippen molar-refractivity contribution in [2.75, 3.05) is 36.4 Å². The molecule has 8 heteroatoms. The molecule has 3 aliphatic rings. The van der Waals surface area contributed by atoms with Gasteiger partial charge in [-0.1, -0.05) is 11.6 Å². The predicted molar refractivity (Wildman–Crippen MR) is 122 cm³/mol. The molecule has 0 saturated carbocycles. The Balaban J connectivity index is 1.26. The second kappa shape index (κ2) is 8.21. The molecule has 3 heterocycles. The Bertz CT molecular complexity index is 1040. The Hall–Kier alpha value is -2.35. The van der Waals surface area contributed by atoms with Crippen LogP contribution in [0.25, 0.3) is 0 Å². The molecular weight excluding hydrogens is 433 g/mol. The van der Waals surface area contributed by atoms with Gasteiger partial charge in [0.05, 0.1) is 23.5 Å². The number of rotatable bonds is 3. The molecular formula is C24H27ClFN3O3.